The molecule has 0 saturated carbocycles. The minimum Gasteiger partial charge on any atom is -0.462 e. The van der Waals surface area contributed by atoms with Crippen LogP contribution >= 0.6 is 0 Å². The zero-order valence-electron chi connectivity index (χ0n) is 43.2. The molecule has 66 heavy (non-hydrogen) atoms. The van der Waals surface area contributed by atoms with Crippen LogP contribution in [0.15, 0.2) is 109 Å². The van der Waals surface area contributed by atoms with Crippen molar-refractivity contribution in [2.45, 2.75) is 245 Å². The molecule has 0 amide bonds. The standard InChI is InChI=1S/C61H102O5/c1-4-7-10-13-16-19-22-25-28-30-32-35-38-41-44-47-50-53-56-64-57-59(66-61(63)55-52-49-46-43-40-37-33-27-24-21-18-15-12-9-6-3)58-65-60(62)54-51-48-45-42-39-36-34-31-29-26-23-20-17-14-11-8-5-2/h7-12,16-21,25-29,33,59H,4-6,13-15,22-24,30-32,34-58H2,1-3H3/b10-7-,11-8-,12-9-,19-16-,20-17-,21-18-,28-25-,29-26-,33-27-. The summed E-state index contributed by atoms with van der Waals surface area (Å²) in [4.78, 5) is 25.5. The maximum absolute atomic E-state index is 12.8. The molecule has 0 N–H and O–H groups in total. The lowest BCUT2D eigenvalue weighted by atomic mass is 10.1. The molecule has 1 unspecified atom stereocenters. The van der Waals surface area contributed by atoms with Crippen molar-refractivity contribution < 1.29 is 23.8 Å². The van der Waals surface area contributed by atoms with E-state index in [4.69, 9.17) is 14.2 Å². The van der Waals surface area contributed by atoms with Gasteiger partial charge >= 0.3 is 11.9 Å². The van der Waals surface area contributed by atoms with Crippen molar-refractivity contribution >= 4 is 11.9 Å². The number of hydrogen-bond donors (Lipinski definition) is 0. The van der Waals surface area contributed by atoms with E-state index in [1.165, 1.54) is 83.5 Å². The van der Waals surface area contributed by atoms with Crippen LogP contribution in [0.5, 0.6) is 0 Å². The average molecular weight is 915 g/mol. The van der Waals surface area contributed by atoms with Crippen molar-refractivity contribution in [3.63, 3.8) is 0 Å². The third-order valence-electron chi connectivity index (χ3n) is 11.3. The van der Waals surface area contributed by atoms with E-state index in [-0.39, 0.29) is 25.2 Å². The maximum atomic E-state index is 12.8. The molecule has 0 fully saturated rings. The number of hydrogen-bond acceptors (Lipinski definition) is 5. The molecule has 376 valence electrons. The lowest BCUT2D eigenvalue weighted by Gasteiger charge is -2.18. The fraction of sp³-hybridized carbons (Fsp3) is 0.672. The van der Waals surface area contributed by atoms with E-state index in [2.05, 4.69) is 130 Å². The summed E-state index contributed by atoms with van der Waals surface area (Å²) in [5.41, 5.74) is 0. The van der Waals surface area contributed by atoms with Crippen molar-refractivity contribution in [3.8, 4) is 0 Å². The zero-order chi connectivity index (χ0) is 47.7. The molecule has 5 heteroatoms. The number of rotatable bonds is 49. The van der Waals surface area contributed by atoms with Crippen LogP contribution in [0.3, 0.4) is 0 Å². The van der Waals surface area contributed by atoms with Crippen LogP contribution in [0, 0.1) is 0 Å². The molecular formula is C61H102O5. The third-order valence-corrected chi connectivity index (χ3v) is 11.3. The van der Waals surface area contributed by atoms with Gasteiger partial charge in [0.25, 0.3) is 0 Å². The number of carbonyl (C=O) groups excluding carboxylic acids is 2. The Bertz CT molecular complexity index is 1310. The van der Waals surface area contributed by atoms with Gasteiger partial charge in [-0.2, -0.15) is 0 Å². The van der Waals surface area contributed by atoms with Crippen LogP contribution in [-0.4, -0.2) is 37.9 Å². The second-order valence-corrected chi connectivity index (χ2v) is 17.7. The van der Waals surface area contributed by atoms with E-state index in [9.17, 15) is 9.59 Å². The number of esters is 2. The molecule has 0 aliphatic rings. The summed E-state index contributed by atoms with van der Waals surface area (Å²) in [6, 6.07) is 0. The highest BCUT2D eigenvalue weighted by atomic mass is 16.6. The number of unbranched alkanes of at least 4 members (excludes halogenated alkanes) is 20. The molecule has 0 aromatic heterocycles. The topological polar surface area (TPSA) is 61.8 Å². The van der Waals surface area contributed by atoms with Gasteiger partial charge in [-0.15, -0.1) is 0 Å². The van der Waals surface area contributed by atoms with Gasteiger partial charge in [-0.25, -0.2) is 0 Å². The Morgan fingerprint density at radius 3 is 1.02 bits per heavy atom. The molecule has 0 heterocycles. The van der Waals surface area contributed by atoms with Crippen molar-refractivity contribution in [1.82, 2.24) is 0 Å². The highest BCUT2D eigenvalue weighted by Gasteiger charge is 2.17. The third kappa shape index (κ3) is 53.2. The van der Waals surface area contributed by atoms with Gasteiger partial charge in [-0.05, 0) is 116 Å². The number of ether oxygens (including phenoxy) is 3. The molecule has 0 bridgehead atoms. The SMILES string of the molecule is CC/C=C\C/C=C\C/C=C\CCCCCCCCCCOCC(COC(=O)CCCCCCCCC/C=C\C/C=C\C/C=C\CC)OC(=O)CCCCCCC/C=C\C/C=C\C/C=C\CC. The van der Waals surface area contributed by atoms with Crippen molar-refractivity contribution in [2.24, 2.45) is 0 Å². The molecule has 0 rings (SSSR count). The van der Waals surface area contributed by atoms with E-state index >= 15 is 0 Å². The van der Waals surface area contributed by atoms with Gasteiger partial charge in [0.05, 0.1) is 6.61 Å². The summed E-state index contributed by atoms with van der Waals surface area (Å²) in [6.07, 6.45) is 76.7. The molecule has 0 saturated heterocycles. The first-order valence-corrected chi connectivity index (χ1v) is 27.4. The molecule has 0 aromatic carbocycles. The van der Waals surface area contributed by atoms with Gasteiger partial charge in [-0.1, -0.05) is 220 Å². The van der Waals surface area contributed by atoms with E-state index < -0.39 is 6.10 Å². The second-order valence-electron chi connectivity index (χ2n) is 17.7. The van der Waals surface area contributed by atoms with Gasteiger partial charge in [0.2, 0.25) is 0 Å². The van der Waals surface area contributed by atoms with E-state index in [1.807, 2.05) is 0 Å². The first-order valence-electron chi connectivity index (χ1n) is 27.4. The van der Waals surface area contributed by atoms with Crippen LogP contribution in [0.2, 0.25) is 0 Å². The van der Waals surface area contributed by atoms with Crippen molar-refractivity contribution in [1.29, 1.82) is 0 Å². The zero-order valence-corrected chi connectivity index (χ0v) is 43.2. The summed E-state index contributed by atoms with van der Waals surface area (Å²) >= 11 is 0. The fourth-order valence-electron chi connectivity index (χ4n) is 7.32. The molecule has 1 atom stereocenters. The number of allylic oxidation sites excluding steroid dienone is 18. The smallest absolute Gasteiger partial charge is 0.306 e. The van der Waals surface area contributed by atoms with Crippen LogP contribution < -0.4 is 0 Å². The Balaban J connectivity index is 4.34. The van der Waals surface area contributed by atoms with Crippen molar-refractivity contribution in [2.75, 3.05) is 19.8 Å². The Hall–Kier alpha value is -3.44. The quantitative estimate of drug-likeness (QED) is 0.0346. The summed E-state index contributed by atoms with van der Waals surface area (Å²) in [5.74, 6) is -0.434. The predicted octanol–water partition coefficient (Wildman–Crippen LogP) is 18.8. The van der Waals surface area contributed by atoms with E-state index in [0.717, 1.165) is 122 Å². The van der Waals surface area contributed by atoms with Crippen LogP contribution in [0.25, 0.3) is 0 Å². The lowest BCUT2D eigenvalue weighted by molar-refractivity contribution is -0.163. The van der Waals surface area contributed by atoms with Gasteiger partial charge in [-0.3, -0.25) is 9.59 Å². The molecule has 0 spiro atoms. The second kappa shape index (κ2) is 55.9. The fourth-order valence-corrected chi connectivity index (χ4v) is 7.32. The van der Waals surface area contributed by atoms with Gasteiger partial charge in [0.15, 0.2) is 6.10 Å². The Labute approximate surface area is 408 Å². The van der Waals surface area contributed by atoms with Gasteiger partial charge in [0, 0.05) is 19.4 Å². The Kier molecular flexibility index (Phi) is 53.0. The normalized spacial score (nSPS) is 13.1. The average Bonchev–Trinajstić information content (AvgIpc) is 3.32. The van der Waals surface area contributed by atoms with Crippen LogP contribution in [0.1, 0.15) is 239 Å². The predicted molar refractivity (Wildman–Crippen MR) is 288 cm³/mol. The summed E-state index contributed by atoms with van der Waals surface area (Å²) < 4.78 is 17.4. The van der Waals surface area contributed by atoms with Gasteiger partial charge in [0.1, 0.15) is 6.61 Å². The van der Waals surface area contributed by atoms with Crippen molar-refractivity contribution in [3.05, 3.63) is 109 Å². The molecule has 0 radical (unpaired) electrons. The number of carbonyl (C=O) groups is 2. The van der Waals surface area contributed by atoms with E-state index in [0.29, 0.717) is 19.4 Å². The summed E-state index contributed by atoms with van der Waals surface area (Å²) in [7, 11) is 0. The highest BCUT2D eigenvalue weighted by Crippen LogP contribution is 2.14. The molecule has 0 aliphatic carbocycles. The van der Waals surface area contributed by atoms with Gasteiger partial charge < -0.3 is 14.2 Å². The van der Waals surface area contributed by atoms with Crippen LogP contribution in [0.4, 0.5) is 0 Å². The Morgan fingerprint density at radius 1 is 0.333 bits per heavy atom. The summed E-state index contributed by atoms with van der Waals surface area (Å²) in [5, 5.41) is 0. The minimum atomic E-state index is -0.561. The maximum Gasteiger partial charge on any atom is 0.306 e. The largest absolute Gasteiger partial charge is 0.462 e. The molecular weight excluding hydrogens is 813 g/mol. The first-order chi connectivity index (χ1) is 32.6. The Morgan fingerprint density at radius 2 is 0.636 bits per heavy atom. The highest BCUT2D eigenvalue weighted by molar-refractivity contribution is 5.70. The van der Waals surface area contributed by atoms with E-state index in [1.54, 1.807) is 0 Å². The summed E-state index contributed by atoms with van der Waals surface area (Å²) in [6.45, 7) is 7.45. The minimum absolute atomic E-state index is 0.0641. The molecule has 0 aromatic rings. The monoisotopic (exact) mass is 915 g/mol. The van der Waals surface area contributed by atoms with Crippen LogP contribution in [-0.2, 0) is 23.8 Å². The first kappa shape index (κ1) is 62.6. The lowest BCUT2D eigenvalue weighted by Crippen LogP contribution is -2.30. The molecule has 5 nitrogen and oxygen atoms in total. The molecule has 0 aliphatic heterocycles.